The fourth-order valence-corrected chi connectivity index (χ4v) is 1.37. The second-order valence-electron chi connectivity index (χ2n) is 4.27. The van der Waals surface area contributed by atoms with Crippen LogP contribution < -0.4 is 0 Å². The van der Waals surface area contributed by atoms with E-state index >= 15 is 0 Å². The Morgan fingerprint density at radius 2 is 2.00 bits per heavy atom. The zero-order valence-corrected chi connectivity index (χ0v) is 11.2. The summed E-state index contributed by atoms with van der Waals surface area (Å²) in [4.78, 5) is 22.5. The van der Waals surface area contributed by atoms with E-state index < -0.39 is 13.4 Å². The van der Waals surface area contributed by atoms with Gasteiger partial charge in [0.15, 0.2) is 0 Å². The topological polar surface area (TPSA) is 43.4 Å². The molecule has 2 radical (unpaired) electrons. The molecule has 0 spiro atoms. The molecule has 3 nitrogen and oxygen atoms in total. The van der Waals surface area contributed by atoms with Crippen LogP contribution in [0.3, 0.4) is 0 Å². The lowest BCUT2D eigenvalue weighted by molar-refractivity contribution is -0.129. The van der Waals surface area contributed by atoms with Crippen LogP contribution in [0.2, 0.25) is 0 Å². The highest BCUT2D eigenvalue weighted by atomic mass is 31.1. The predicted octanol–water partition coefficient (Wildman–Crippen LogP) is 2.24. The molecule has 0 amide bonds. The van der Waals surface area contributed by atoms with Crippen molar-refractivity contribution >= 4 is 27.2 Å². The van der Waals surface area contributed by atoms with Crippen molar-refractivity contribution in [3.05, 3.63) is 12.2 Å². The second kappa shape index (κ2) is 6.98. The lowest BCUT2D eigenvalue weighted by Gasteiger charge is -2.17. The van der Waals surface area contributed by atoms with E-state index in [1.165, 1.54) is 6.92 Å². The average Bonchev–Trinajstić information content (AvgIpc) is 2.11. The molecule has 0 fully saturated rings. The summed E-state index contributed by atoms with van der Waals surface area (Å²) in [5.74, 6) is -0.190. The molecule has 5 heteroatoms. The summed E-state index contributed by atoms with van der Waals surface area (Å²) in [6.07, 6.45) is 3.51. The third-order valence-corrected chi connectivity index (χ3v) is 2.59. The van der Waals surface area contributed by atoms with Gasteiger partial charge in [-0.25, -0.2) is 0 Å². The number of allylic oxidation sites excluding steroid dienone is 1. The van der Waals surface area contributed by atoms with E-state index in [1.54, 1.807) is 32.7 Å². The smallest absolute Gasteiger partial charge is 0.149 e. The van der Waals surface area contributed by atoms with E-state index in [2.05, 4.69) is 0 Å². The maximum atomic E-state index is 11.7. The summed E-state index contributed by atoms with van der Waals surface area (Å²) < 4.78 is 5.18. The molecule has 1 unspecified atom stereocenters. The van der Waals surface area contributed by atoms with Gasteiger partial charge < -0.3 is 4.52 Å². The van der Waals surface area contributed by atoms with E-state index in [9.17, 15) is 9.59 Å². The molecule has 0 heterocycles. The van der Waals surface area contributed by atoms with Crippen molar-refractivity contribution in [3.8, 4) is 0 Å². The van der Waals surface area contributed by atoms with E-state index in [1.807, 2.05) is 0 Å². The third kappa shape index (κ3) is 6.92. The third-order valence-electron chi connectivity index (χ3n) is 2.04. The molecule has 1 atom stereocenters. The summed E-state index contributed by atoms with van der Waals surface area (Å²) in [5, 5.41) is 0. The highest BCUT2D eigenvalue weighted by molar-refractivity contribution is 7.77. The summed E-state index contributed by atoms with van der Waals surface area (Å²) >= 11 is 0. The van der Waals surface area contributed by atoms with Crippen molar-refractivity contribution in [2.75, 3.05) is 13.3 Å². The lowest BCUT2D eigenvalue weighted by Crippen LogP contribution is -2.23. The Morgan fingerprint density at radius 1 is 1.44 bits per heavy atom. The second-order valence-corrected chi connectivity index (χ2v) is 5.62. The predicted molar refractivity (Wildman–Crippen MR) is 67.8 cm³/mol. The molecule has 0 aromatic rings. The molecule has 0 N–H and O–H groups in total. The number of Topliss-reactive ketones (excluding diaryl/α,β-unsaturated/α-hetero) is 2. The Hall–Kier alpha value is -0.465. The first kappa shape index (κ1) is 15.5. The maximum Gasteiger partial charge on any atom is 0.149 e. The summed E-state index contributed by atoms with van der Waals surface area (Å²) in [5.41, 5.74) is -0.625. The van der Waals surface area contributed by atoms with Gasteiger partial charge in [-0.1, -0.05) is 12.2 Å². The molecule has 0 aliphatic carbocycles. The fraction of sp³-hybridized carbons (Fsp3) is 0.636. The number of carbonyl (C=O) groups is 2. The van der Waals surface area contributed by atoms with Gasteiger partial charge in [-0.15, -0.1) is 0 Å². The summed E-state index contributed by atoms with van der Waals surface area (Å²) in [6.45, 7) is 7.18. The Morgan fingerprint density at radius 3 is 2.44 bits per heavy atom. The quantitative estimate of drug-likeness (QED) is 0.296. The maximum absolute atomic E-state index is 11.7. The molecule has 0 bridgehead atoms. The number of rotatable bonds is 7. The van der Waals surface area contributed by atoms with Gasteiger partial charge in [0.25, 0.3) is 0 Å². The van der Waals surface area contributed by atoms with Crippen molar-refractivity contribution in [3.63, 3.8) is 0 Å². The van der Waals surface area contributed by atoms with E-state index in [-0.39, 0.29) is 18.0 Å². The van der Waals surface area contributed by atoms with Crippen LogP contribution in [0.25, 0.3) is 0 Å². The molecular weight excluding hydrogens is 222 g/mol. The van der Waals surface area contributed by atoms with Crippen molar-refractivity contribution in [2.24, 2.45) is 5.41 Å². The monoisotopic (exact) mass is 240 g/mol. The van der Waals surface area contributed by atoms with Crippen LogP contribution >= 0.6 is 8.03 Å². The fourth-order valence-electron chi connectivity index (χ4n) is 1.05. The van der Waals surface area contributed by atoms with Crippen molar-refractivity contribution in [1.82, 2.24) is 0 Å². The number of hydrogen-bond acceptors (Lipinski definition) is 3. The van der Waals surface area contributed by atoms with Crippen LogP contribution in [0.1, 0.15) is 27.2 Å². The largest absolute Gasteiger partial charge is 0.367 e. The molecule has 0 aliphatic heterocycles. The van der Waals surface area contributed by atoms with Gasteiger partial charge in [0.1, 0.15) is 19.1 Å². The van der Waals surface area contributed by atoms with E-state index in [0.717, 1.165) is 0 Å². The Kier molecular flexibility index (Phi) is 6.77. The van der Waals surface area contributed by atoms with Gasteiger partial charge in [0.05, 0.1) is 13.0 Å². The summed E-state index contributed by atoms with van der Waals surface area (Å²) in [7, 11) is 4.60. The Labute approximate surface area is 99.8 Å². The van der Waals surface area contributed by atoms with Crippen LogP contribution in [0.5, 0.6) is 0 Å². The number of carbonyl (C=O) groups excluding carboxylic acids is 2. The van der Waals surface area contributed by atoms with Gasteiger partial charge in [-0.05, 0) is 35.5 Å². The minimum Gasteiger partial charge on any atom is -0.367 e. The number of hydrogen-bond donors (Lipinski definition) is 0. The molecule has 0 aromatic carbocycles. The van der Waals surface area contributed by atoms with Crippen molar-refractivity contribution < 1.29 is 14.1 Å². The zero-order chi connectivity index (χ0) is 12.8. The SMILES string of the molecule is [B]P(C)OC/C=C/C(C)(C)C(=O)CC(C)=O. The minimum absolute atomic E-state index is 0.0183. The molecule has 0 aromatic heterocycles. The van der Waals surface area contributed by atoms with Crippen LogP contribution in [0.15, 0.2) is 12.2 Å². The average molecular weight is 240 g/mol. The van der Waals surface area contributed by atoms with Gasteiger partial charge in [0.2, 0.25) is 0 Å². The molecule has 0 aliphatic rings. The minimum atomic E-state index is -0.867. The molecular formula is C11H18BO3P. The standard InChI is InChI=1S/C11H18BO3P/c1-9(13)8-10(14)11(2,3)6-5-7-15-16(4)12/h5-6H,7-8H2,1-4H3/b6-5+. The Balaban J connectivity index is 4.22. The zero-order valence-electron chi connectivity index (χ0n) is 10.3. The molecule has 0 rings (SSSR count). The van der Waals surface area contributed by atoms with Gasteiger partial charge in [-0.3, -0.25) is 9.59 Å². The highest BCUT2D eigenvalue weighted by Crippen LogP contribution is 2.25. The molecule has 0 saturated heterocycles. The van der Waals surface area contributed by atoms with Crippen LogP contribution in [-0.4, -0.2) is 32.4 Å². The Bertz CT molecular complexity index is 285. The molecule has 0 saturated carbocycles. The van der Waals surface area contributed by atoms with E-state index in [0.29, 0.717) is 6.61 Å². The molecule has 88 valence electrons. The summed E-state index contributed by atoms with van der Waals surface area (Å²) in [6, 6.07) is 0. The van der Waals surface area contributed by atoms with Crippen LogP contribution in [0, 0.1) is 5.41 Å². The van der Waals surface area contributed by atoms with Gasteiger partial charge in [-0.2, -0.15) is 0 Å². The normalized spacial score (nSPS) is 14.0. The van der Waals surface area contributed by atoms with Crippen molar-refractivity contribution in [2.45, 2.75) is 27.2 Å². The first-order valence-corrected chi connectivity index (χ1v) is 6.85. The van der Waals surface area contributed by atoms with Gasteiger partial charge >= 0.3 is 0 Å². The lowest BCUT2D eigenvalue weighted by atomic mass is 9.85. The van der Waals surface area contributed by atoms with E-state index in [4.69, 9.17) is 12.1 Å². The highest BCUT2D eigenvalue weighted by Gasteiger charge is 2.24. The van der Waals surface area contributed by atoms with Crippen LogP contribution in [-0.2, 0) is 14.1 Å². The first-order valence-electron chi connectivity index (χ1n) is 5.07. The van der Waals surface area contributed by atoms with Gasteiger partial charge in [0, 0.05) is 5.41 Å². The van der Waals surface area contributed by atoms with Crippen LogP contribution in [0.4, 0.5) is 0 Å². The molecule has 16 heavy (non-hydrogen) atoms. The first-order chi connectivity index (χ1) is 7.25. The number of ketones is 2. The van der Waals surface area contributed by atoms with Crippen molar-refractivity contribution in [1.29, 1.82) is 0 Å².